The summed E-state index contributed by atoms with van der Waals surface area (Å²) >= 11 is 0. The monoisotopic (exact) mass is 967 g/mol. The molecule has 2 heterocycles. The maximum absolute atomic E-state index is 5.37. The fourth-order valence-electron chi connectivity index (χ4n) is 12.5. The molecule has 356 valence electrons. The van der Waals surface area contributed by atoms with Crippen molar-refractivity contribution in [2.45, 2.75) is 11.6 Å². The molecule has 0 amide bonds. The van der Waals surface area contributed by atoms with Gasteiger partial charge in [-0.05, 0) is 160 Å². The molecule has 0 saturated heterocycles. The molecule has 0 saturated carbocycles. The zero-order valence-corrected chi connectivity index (χ0v) is 41.6. The highest BCUT2D eigenvalue weighted by Crippen LogP contribution is 2.64. The van der Waals surface area contributed by atoms with E-state index in [4.69, 9.17) is 4.99 Å². The quantitative estimate of drug-likeness (QED) is 0.172. The van der Waals surface area contributed by atoms with Crippen LogP contribution in [0, 0.1) is 0 Å². The Kier molecular flexibility index (Phi) is 10.2. The zero-order chi connectivity index (χ0) is 50.2. The summed E-state index contributed by atoms with van der Waals surface area (Å²) in [5, 5.41) is 8.66. The molecule has 3 nitrogen and oxygen atoms in total. The summed E-state index contributed by atoms with van der Waals surface area (Å²) in [6, 6.07) is 103. The summed E-state index contributed by atoms with van der Waals surface area (Å²) in [4.78, 5) is 7.88. The van der Waals surface area contributed by atoms with Crippen LogP contribution in [0.2, 0.25) is 0 Å². The average molecular weight is 968 g/mol. The molecule has 0 bridgehead atoms. The second-order valence-corrected chi connectivity index (χ2v) is 20.3. The molecule has 0 radical (unpaired) electrons. The lowest BCUT2D eigenvalue weighted by Crippen LogP contribution is -2.36. The Hall–Kier alpha value is -9.83. The van der Waals surface area contributed by atoms with Crippen molar-refractivity contribution in [1.82, 2.24) is 5.32 Å². The molecule has 76 heavy (non-hydrogen) atoms. The minimum absolute atomic E-state index is 0.242. The molecule has 3 aliphatic rings. The molecule has 12 aromatic carbocycles. The number of hydrogen-bond acceptors (Lipinski definition) is 3. The first-order valence-corrected chi connectivity index (χ1v) is 26.3. The van der Waals surface area contributed by atoms with Crippen LogP contribution in [0.5, 0.6) is 0 Å². The van der Waals surface area contributed by atoms with E-state index in [1.807, 2.05) is 0 Å². The van der Waals surface area contributed by atoms with Gasteiger partial charge in [-0.15, -0.1) is 0 Å². The van der Waals surface area contributed by atoms with Crippen LogP contribution in [-0.2, 0) is 5.41 Å². The molecular weight excluding hydrogens is 919 g/mol. The van der Waals surface area contributed by atoms with Gasteiger partial charge in [0.05, 0.1) is 22.5 Å². The van der Waals surface area contributed by atoms with Crippen LogP contribution in [-0.4, -0.2) is 5.71 Å². The number of benzene rings is 12. The fourth-order valence-corrected chi connectivity index (χ4v) is 12.5. The number of fused-ring (bicyclic) bond motifs is 11. The van der Waals surface area contributed by atoms with Crippen LogP contribution in [0.4, 0.5) is 17.1 Å². The average Bonchev–Trinajstić information content (AvgIpc) is 3.88. The van der Waals surface area contributed by atoms with Crippen LogP contribution >= 0.6 is 0 Å². The van der Waals surface area contributed by atoms with E-state index < -0.39 is 5.41 Å². The number of nitrogens with zero attached hydrogens (tertiary/aromatic N) is 2. The highest BCUT2D eigenvalue weighted by atomic mass is 15.2. The lowest BCUT2D eigenvalue weighted by atomic mass is 9.63. The molecule has 2 aliphatic heterocycles. The topological polar surface area (TPSA) is 27.6 Å². The third-order valence-corrected chi connectivity index (χ3v) is 16.0. The van der Waals surface area contributed by atoms with Crippen molar-refractivity contribution in [2.75, 3.05) is 4.90 Å². The Bertz CT molecular complexity index is 4220. The van der Waals surface area contributed by atoms with E-state index in [0.717, 1.165) is 44.9 Å². The smallest absolute Gasteiger partial charge is 0.145 e. The number of hydrogen-bond donors (Lipinski definition) is 1. The Morgan fingerprint density at radius 1 is 0.329 bits per heavy atom. The van der Waals surface area contributed by atoms with Gasteiger partial charge in [-0.2, -0.15) is 0 Å². The Balaban J connectivity index is 0.868. The van der Waals surface area contributed by atoms with Gasteiger partial charge >= 0.3 is 0 Å². The molecule has 0 aromatic heterocycles. The summed E-state index contributed by atoms with van der Waals surface area (Å²) in [5.74, 6) is 0. The molecule has 15 rings (SSSR count). The lowest BCUT2D eigenvalue weighted by Gasteiger charge is -2.45. The molecule has 1 N–H and O–H groups in total. The van der Waals surface area contributed by atoms with E-state index in [1.165, 1.54) is 88.6 Å². The summed E-state index contributed by atoms with van der Waals surface area (Å²) in [6.45, 7) is 0. The number of para-hydroxylation sites is 1. The van der Waals surface area contributed by atoms with Crippen molar-refractivity contribution in [1.29, 1.82) is 0 Å². The summed E-state index contributed by atoms with van der Waals surface area (Å²) in [6.07, 6.45) is 1.96. The molecule has 1 unspecified atom stereocenters. The van der Waals surface area contributed by atoms with Crippen molar-refractivity contribution in [3.8, 4) is 44.5 Å². The highest BCUT2D eigenvalue weighted by molar-refractivity contribution is 6.13. The van der Waals surface area contributed by atoms with Crippen molar-refractivity contribution < 1.29 is 0 Å². The predicted octanol–water partition coefficient (Wildman–Crippen LogP) is 18.3. The van der Waals surface area contributed by atoms with Gasteiger partial charge in [0.15, 0.2) is 0 Å². The standard InChI is InChI=1S/C73H49N3/c1-4-18-48(19-5-1)49-34-36-50(37-35-49)68-47-69(75-72(74-68)51-20-6-2-7-21-51)60-29-17-28-54(41-60)52-26-16-27-53(40-52)59-38-39-63-62-32-14-15-33-64(62)73(65(63)42-59)66-43-55-22-10-12-24-57(55)45-70(66)76(61-30-8-3-9-31-61)71-46-58-25-13-11-23-56(58)44-67(71)73/h1-47,72,74H. The normalized spacial score (nSPS) is 14.8. The van der Waals surface area contributed by atoms with Gasteiger partial charge in [-0.25, -0.2) is 0 Å². The van der Waals surface area contributed by atoms with Crippen LogP contribution in [0.1, 0.15) is 45.1 Å². The van der Waals surface area contributed by atoms with E-state index in [0.29, 0.717) is 0 Å². The second-order valence-electron chi connectivity index (χ2n) is 20.3. The molecule has 1 spiro atoms. The van der Waals surface area contributed by atoms with Gasteiger partial charge in [0.25, 0.3) is 0 Å². The zero-order valence-electron chi connectivity index (χ0n) is 41.6. The van der Waals surface area contributed by atoms with Gasteiger partial charge < -0.3 is 10.2 Å². The van der Waals surface area contributed by atoms with E-state index >= 15 is 0 Å². The van der Waals surface area contributed by atoms with Crippen LogP contribution < -0.4 is 10.2 Å². The second kappa shape index (κ2) is 17.7. The van der Waals surface area contributed by atoms with Gasteiger partial charge in [0, 0.05) is 16.9 Å². The van der Waals surface area contributed by atoms with Gasteiger partial charge in [-0.3, -0.25) is 4.99 Å². The SMILES string of the molecule is C1=C(c2ccc(-c3ccccc3)cc2)NC(c2ccccc2)N=C1c1cccc(-c2cccc(-c3ccc4c(c3)C3(c5ccccc5-4)c4cc5ccccc5cc4N(c4ccccc4)c4cc5ccccc5cc43)c2)c1. The van der Waals surface area contributed by atoms with Gasteiger partial charge in [0.1, 0.15) is 6.17 Å². The first kappa shape index (κ1) is 43.7. The fraction of sp³-hybridized carbons (Fsp3) is 0.0274. The third kappa shape index (κ3) is 7.08. The van der Waals surface area contributed by atoms with E-state index in [-0.39, 0.29) is 6.17 Å². The van der Waals surface area contributed by atoms with Crippen LogP contribution in [0.25, 0.3) is 71.7 Å². The van der Waals surface area contributed by atoms with Crippen molar-refractivity contribution >= 4 is 50.0 Å². The Labute approximate surface area is 443 Å². The summed E-state index contributed by atoms with van der Waals surface area (Å²) < 4.78 is 0. The number of allylic oxidation sites excluding steroid dienone is 1. The minimum atomic E-state index is -0.624. The number of rotatable bonds is 7. The largest absolute Gasteiger partial charge is 0.360 e. The predicted molar refractivity (Wildman–Crippen MR) is 317 cm³/mol. The maximum atomic E-state index is 5.37. The number of nitrogens with one attached hydrogen (secondary N) is 1. The Morgan fingerprint density at radius 3 is 1.43 bits per heavy atom. The first-order valence-electron chi connectivity index (χ1n) is 26.3. The maximum Gasteiger partial charge on any atom is 0.145 e. The number of aliphatic imine (C=N–C) groups is 1. The van der Waals surface area contributed by atoms with E-state index in [9.17, 15) is 0 Å². The van der Waals surface area contributed by atoms with Crippen LogP contribution in [0.15, 0.2) is 290 Å². The summed E-state index contributed by atoms with van der Waals surface area (Å²) in [7, 11) is 0. The Morgan fingerprint density at radius 2 is 0.789 bits per heavy atom. The molecule has 0 fully saturated rings. The highest BCUT2D eigenvalue weighted by Gasteiger charge is 2.52. The lowest BCUT2D eigenvalue weighted by molar-refractivity contribution is 0.664. The molecule has 1 aliphatic carbocycles. The van der Waals surface area contributed by atoms with Crippen molar-refractivity contribution in [3.05, 3.63) is 324 Å². The van der Waals surface area contributed by atoms with Crippen LogP contribution in [0.3, 0.4) is 0 Å². The van der Waals surface area contributed by atoms with E-state index in [1.54, 1.807) is 0 Å². The van der Waals surface area contributed by atoms with Gasteiger partial charge in [-0.1, -0.05) is 224 Å². The molecule has 1 atom stereocenters. The first-order chi connectivity index (χ1) is 37.6. The summed E-state index contributed by atoms with van der Waals surface area (Å²) in [5.41, 5.74) is 22.9. The van der Waals surface area contributed by atoms with E-state index in [2.05, 4.69) is 295 Å². The number of anilines is 3. The van der Waals surface area contributed by atoms with Crippen molar-refractivity contribution in [3.63, 3.8) is 0 Å². The molecule has 12 aromatic rings. The molecule has 3 heteroatoms. The molecular formula is C73H49N3. The van der Waals surface area contributed by atoms with Gasteiger partial charge in [0.2, 0.25) is 0 Å². The minimum Gasteiger partial charge on any atom is -0.360 e. The third-order valence-electron chi connectivity index (χ3n) is 16.0. The van der Waals surface area contributed by atoms with Crippen molar-refractivity contribution in [2.24, 2.45) is 4.99 Å².